The molecule has 1 fully saturated rings. The molecule has 2 aromatic heterocycles. The molecule has 0 amide bonds. The van der Waals surface area contributed by atoms with Crippen molar-refractivity contribution in [3.8, 4) is 11.6 Å². The molecular weight excluding hydrogens is 446 g/mol. The maximum atomic E-state index is 12.9. The van der Waals surface area contributed by atoms with Crippen molar-refractivity contribution in [3.63, 3.8) is 0 Å². The van der Waals surface area contributed by atoms with Gasteiger partial charge >= 0.3 is 0 Å². The van der Waals surface area contributed by atoms with Crippen LogP contribution in [-0.2, 0) is 27.6 Å². The maximum Gasteiger partial charge on any atom is 0.243 e. The number of ether oxygens (including phenoxy) is 2. The number of halogens is 1. The number of benzene rings is 1. The number of fused-ring (bicyclic) bond motifs is 3. The van der Waals surface area contributed by atoms with E-state index >= 15 is 0 Å². The van der Waals surface area contributed by atoms with Gasteiger partial charge in [0.15, 0.2) is 0 Å². The first-order valence-corrected chi connectivity index (χ1v) is 12.5. The number of aromatic nitrogens is 2. The van der Waals surface area contributed by atoms with Crippen LogP contribution in [0.5, 0.6) is 11.6 Å². The first kappa shape index (κ1) is 20.1. The summed E-state index contributed by atoms with van der Waals surface area (Å²) in [5.41, 5.74) is 1.26. The van der Waals surface area contributed by atoms with Crippen LogP contribution in [0.4, 0.5) is 0 Å². The molecule has 7 nitrogen and oxygen atoms in total. The fourth-order valence-corrected chi connectivity index (χ4v) is 6.84. The molecule has 0 N–H and O–H groups in total. The Hall–Kier alpha value is -1.78. The van der Waals surface area contributed by atoms with Gasteiger partial charge in [-0.25, -0.2) is 18.4 Å². The number of rotatable bonds is 4. The van der Waals surface area contributed by atoms with Crippen molar-refractivity contribution in [2.24, 2.45) is 0 Å². The molecular formula is C20H20ClN3O4S2. The van der Waals surface area contributed by atoms with Crippen molar-refractivity contribution in [2.75, 3.05) is 26.3 Å². The molecule has 0 bridgehead atoms. The van der Waals surface area contributed by atoms with E-state index in [2.05, 4.69) is 9.97 Å². The Morgan fingerprint density at radius 2 is 1.93 bits per heavy atom. The lowest BCUT2D eigenvalue weighted by Gasteiger charge is -2.26. The van der Waals surface area contributed by atoms with E-state index < -0.39 is 10.0 Å². The zero-order valence-corrected chi connectivity index (χ0v) is 18.5. The summed E-state index contributed by atoms with van der Waals surface area (Å²) in [6.07, 6.45) is 5.87. The fraction of sp³-hybridized carbons (Fsp3) is 0.400. The van der Waals surface area contributed by atoms with Gasteiger partial charge in [0.05, 0.1) is 28.5 Å². The van der Waals surface area contributed by atoms with Crippen molar-refractivity contribution in [1.82, 2.24) is 14.3 Å². The van der Waals surface area contributed by atoms with Crippen LogP contribution >= 0.6 is 22.9 Å². The highest BCUT2D eigenvalue weighted by Crippen LogP contribution is 2.41. The lowest BCUT2D eigenvalue weighted by atomic mass is 9.97. The monoisotopic (exact) mass is 465 g/mol. The number of nitrogens with zero attached hydrogens (tertiary/aromatic N) is 3. The van der Waals surface area contributed by atoms with Crippen LogP contribution < -0.4 is 4.74 Å². The predicted octanol–water partition coefficient (Wildman–Crippen LogP) is 4.04. The molecule has 3 heterocycles. The molecule has 158 valence electrons. The van der Waals surface area contributed by atoms with Crippen molar-refractivity contribution < 1.29 is 17.9 Å². The van der Waals surface area contributed by atoms with Crippen molar-refractivity contribution in [1.29, 1.82) is 0 Å². The third-order valence-electron chi connectivity index (χ3n) is 5.43. The van der Waals surface area contributed by atoms with Crippen LogP contribution in [0.15, 0.2) is 29.4 Å². The van der Waals surface area contributed by atoms with E-state index in [4.69, 9.17) is 21.1 Å². The molecule has 2 aliphatic rings. The Balaban J connectivity index is 1.47. The van der Waals surface area contributed by atoms with Gasteiger partial charge in [-0.2, -0.15) is 4.31 Å². The number of sulfonamides is 1. The second kappa shape index (κ2) is 8.05. The number of morpholine rings is 1. The second-order valence-corrected chi connectivity index (χ2v) is 10.7. The topological polar surface area (TPSA) is 81.6 Å². The minimum Gasteiger partial charge on any atom is -0.437 e. The van der Waals surface area contributed by atoms with Gasteiger partial charge in [-0.15, -0.1) is 11.3 Å². The zero-order valence-electron chi connectivity index (χ0n) is 16.1. The average Bonchev–Trinajstić information content (AvgIpc) is 3.15. The van der Waals surface area contributed by atoms with E-state index in [0.29, 0.717) is 37.9 Å². The molecule has 30 heavy (non-hydrogen) atoms. The summed E-state index contributed by atoms with van der Waals surface area (Å²) in [6, 6.07) is 4.54. The summed E-state index contributed by atoms with van der Waals surface area (Å²) in [6.45, 7) is 1.45. The largest absolute Gasteiger partial charge is 0.437 e. The van der Waals surface area contributed by atoms with Crippen LogP contribution in [0.2, 0.25) is 5.02 Å². The number of hydrogen-bond donors (Lipinski definition) is 0. The van der Waals surface area contributed by atoms with Gasteiger partial charge in [0.2, 0.25) is 15.9 Å². The molecule has 0 unspecified atom stereocenters. The van der Waals surface area contributed by atoms with E-state index in [0.717, 1.165) is 29.5 Å². The summed E-state index contributed by atoms with van der Waals surface area (Å²) in [5, 5.41) is 1.17. The summed E-state index contributed by atoms with van der Waals surface area (Å²) in [5.74, 6) is 0.832. The first-order valence-electron chi connectivity index (χ1n) is 9.84. The lowest BCUT2D eigenvalue weighted by Crippen LogP contribution is -2.40. The molecule has 1 aliphatic heterocycles. The Bertz CT molecular complexity index is 1210. The van der Waals surface area contributed by atoms with Gasteiger partial charge in [-0.05, 0) is 49.4 Å². The molecule has 1 saturated heterocycles. The highest BCUT2D eigenvalue weighted by molar-refractivity contribution is 7.89. The van der Waals surface area contributed by atoms with Gasteiger partial charge < -0.3 is 9.47 Å². The predicted molar refractivity (Wildman–Crippen MR) is 115 cm³/mol. The molecule has 10 heteroatoms. The maximum absolute atomic E-state index is 12.9. The molecule has 0 atom stereocenters. The third kappa shape index (κ3) is 3.58. The quantitative estimate of drug-likeness (QED) is 0.578. The Labute approximate surface area is 183 Å². The van der Waals surface area contributed by atoms with Gasteiger partial charge in [0.25, 0.3) is 0 Å². The minimum atomic E-state index is -3.62. The summed E-state index contributed by atoms with van der Waals surface area (Å²) in [7, 11) is -3.62. The summed E-state index contributed by atoms with van der Waals surface area (Å²) in [4.78, 5) is 11.2. The van der Waals surface area contributed by atoms with Crippen LogP contribution in [-0.4, -0.2) is 49.0 Å². The van der Waals surface area contributed by atoms with Gasteiger partial charge in [0, 0.05) is 18.0 Å². The van der Waals surface area contributed by atoms with Gasteiger partial charge in [-0.3, -0.25) is 0 Å². The number of hydrogen-bond acceptors (Lipinski definition) is 7. The second-order valence-electron chi connectivity index (χ2n) is 7.28. The molecule has 3 aromatic rings. The Morgan fingerprint density at radius 1 is 1.13 bits per heavy atom. The molecule has 0 radical (unpaired) electrons. The SMILES string of the molecule is O=S(=O)(c1ccc(Oc2ncnc3sc4c(c23)CCCC4)c(Cl)c1)N1CCOCC1. The minimum absolute atomic E-state index is 0.141. The van der Waals surface area contributed by atoms with Gasteiger partial charge in [0.1, 0.15) is 16.9 Å². The van der Waals surface area contributed by atoms with E-state index in [1.54, 1.807) is 17.4 Å². The normalized spacial score (nSPS) is 17.8. The highest BCUT2D eigenvalue weighted by Gasteiger charge is 2.27. The summed E-state index contributed by atoms with van der Waals surface area (Å²) < 4.78 is 38.4. The molecule has 0 saturated carbocycles. The van der Waals surface area contributed by atoms with E-state index in [1.165, 1.54) is 39.6 Å². The smallest absolute Gasteiger partial charge is 0.243 e. The molecule has 5 rings (SSSR count). The highest BCUT2D eigenvalue weighted by atomic mass is 35.5. The molecule has 1 aromatic carbocycles. The number of thiophene rings is 1. The van der Waals surface area contributed by atoms with Crippen LogP contribution in [0, 0.1) is 0 Å². The number of aryl methyl sites for hydroxylation is 2. The van der Waals surface area contributed by atoms with Crippen LogP contribution in [0.3, 0.4) is 0 Å². The lowest BCUT2D eigenvalue weighted by molar-refractivity contribution is 0.0730. The third-order valence-corrected chi connectivity index (χ3v) is 8.82. The molecule has 0 spiro atoms. The molecule has 1 aliphatic carbocycles. The van der Waals surface area contributed by atoms with Crippen molar-refractivity contribution >= 4 is 43.2 Å². The van der Waals surface area contributed by atoms with Crippen molar-refractivity contribution in [2.45, 2.75) is 30.6 Å². The van der Waals surface area contributed by atoms with E-state index in [1.807, 2.05) is 0 Å². The Kier molecular flexibility index (Phi) is 5.40. The standard InChI is InChI=1S/C20H20ClN3O4S2/c21-15-11-13(30(25,26)24-7-9-27-10-8-24)5-6-16(15)28-19-18-14-3-1-2-4-17(14)29-20(18)23-12-22-19/h5-6,11-12H,1-4,7-10H2. The van der Waals surface area contributed by atoms with E-state index in [-0.39, 0.29) is 9.92 Å². The van der Waals surface area contributed by atoms with Gasteiger partial charge in [-0.1, -0.05) is 11.6 Å². The Morgan fingerprint density at radius 3 is 2.73 bits per heavy atom. The van der Waals surface area contributed by atoms with Crippen LogP contribution in [0.1, 0.15) is 23.3 Å². The fourth-order valence-electron chi connectivity index (χ4n) is 3.90. The first-order chi connectivity index (χ1) is 14.5. The van der Waals surface area contributed by atoms with Crippen LogP contribution in [0.25, 0.3) is 10.2 Å². The van der Waals surface area contributed by atoms with E-state index in [9.17, 15) is 8.42 Å². The average molecular weight is 466 g/mol. The van der Waals surface area contributed by atoms with Crippen molar-refractivity contribution in [3.05, 3.63) is 40.0 Å². The summed E-state index contributed by atoms with van der Waals surface area (Å²) >= 11 is 8.11. The zero-order chi connectivity index (χ0) is 20.7.